The Morgan fingerprint density at radius 3 is 2.53 bits per heavy atom. The molecule has 0 amide bonds. The highest BCUT2D eigenvalue weighted by atomic mass is 35.5. The lowest BCUT2D eigenvalue weighted by atomic mass is 9.99. The molecular weight excluding hydrogens is 244 g/mol. The van der Waals surface area contributed by atoms with Crippen LogP contribution in [-0.2, 0) is 6.54 Å². The van der Waals surface area contributed by atoms with E-state index < -0.39 is 11.6 Å². The molecule has 0 unspecified atom stereocenters. The summed E-state index contributed by atoms with van der Waals surface area (Å²) in [5.41, 5.74) is 7.01. The van der Waals surface area contributed by atoms with E-state index >= 15 is 0 Å². The summed E-state index contributed by atoms with van der Waals surface area (Å²) in [6.45, 7) is 0.214. The van der Waals surface area contributed by atoms with Crippen LogP contribution in [0.1, 0.15) is 5.56 Å². The van der Waals surface area contributed by atoms with Crippen molar-refractivity contribution in [3.8, 4) is 11.1 Å². The van der Waals surface area contributed by atoms with Crippen molar-refractivity contribution >= 4 is 11.6 Å². The summed E-state index contributed by atoms with van der Waals surface area (Å²) < 4.78 is 26.8. The van der Waals surface area contributed by atoms with Crippen LogP contribution in [0.5, 0.6) is 0 Å². The maximum Gasteiger partial charge on any atom is 0.166 e. The minimum absolute atomic E-state index is 0.196. The first-order valence-electron chi connectivity index (χ1n) is 5.06. The van der Waals surface area contributed by atoms with Gasteiger partial charge in [0.25, 0.3) is 0 Å². The Kier molecular flexibility index (Phi) is 3.41. The van der Waals surface area contributed by atoms with Crippen molar-refractivity contribution in [2.75, 3.05) is 0 Å². The smallest absolute Gasteiger partial charge is 0.166 e. The molecule has 0 bridgehead atoms. The van der Waals surface area contributed by atoms with Gasteiger partial charge in [0.2, 0.25) is 0 Å². The normalized spacial score (nSPS) is 10.6. The number of halogens is 3. The second kappa shape index (κ2) is 4.82. The van der Waals surface area contributed by atoms with Crippen LogP contribution in [0.3, 0.4) is 0 Å². The van der Waals surface area contributed by atoms with Gasteiger partial charge in [-0.15, -0.1) is 0 Å². The quantitative estimate of drug-likeness (QED) is 0.867. The van der Waals surface area contributed by atoms with E-state index in [1.54, 1.807) is 18.2 Å². The molecule has 0 aliphatic heterocycles. The Labute approximate surface area is 103 Å². The average Bonchev–Trinajstić information content (AvgIpc) is 2.33. The van der Waals surface area contributed by atoms with Gasteiger partial charge in [-0.1, -0.05) is 29.8 Å². The molecule has 17 heavy (non-hydrogen) atoms. The lowest BCUT2D eigenvalue weighted by molar-refractivity contribution is 0.511. The van der Waals surface area contributed by atoms with Crippen LogP contribution in [0.25, 0.3) is 11.1 Å². The molecule has 2 rings (SSSR count). The molecule has 0 aliphatic carbocycles. The Morgan fingerprint density at radius 2 is 1.82 bits per heavy atom. The first kappa shape index (κ1) is 12.0. The average molecular weight is 254 g/mol. The topological polar surface area (TPSA) is 26.0 Å². The Bertz CT molecular complexity index is 555. The molecule has 4 heteroatoms. The fraction of sp³-hybridized carbons (Fsp3) is 0.0769. The van der Waals surface area contributed by atoms with Crippen molar-refractivity contribution in [2.24, 2.45) is 5.73 Å². The molecule has 1 nitrogen and oxygen atoms in total. The molecular formula is C13H10ClF2N. The fourth-order valence-corrected chi connectivity index (χ4v) is 1.90. The van der Waals surface area contributed by atoms with Crippen LogP contribution in [-0.4, -0.2) is 0 Å². The highest BCUT2D eigenvalue weighted by molar-refractivity contribution is 6.30. The highest BCUT2D eigenvalue weighted by Crippen LogP contribution is 2.29. The number of nitrogens with two attached hydrogens (primary N) is 1. The predicted octanol–water partition coefficient (Wildman–Crippen LogP) is 3.74. The maximum atomic E-state index is 13.7. The molecule has 0 saturated heterocycles. The number of rotatable bonds is 2. The van der Waals surface area contributed by atoms with Crippen molar-refractivity contribution in [3.63, 3.8) is 0 Å². The fourth-order valence-electron chi connectivity index (χ4n) is 1.71. The van der Waals surface area contributed by atoms with E-state index in [0.29, 0.717) is 16.1 Å². The zero-order valence-electron chi connectivity index (χ0n) is 8.88. The first-order valence-corrected chi connectivity index (χ1v) is 5.44. The molecule has 2 N–H and O–H groups in total. The third-order valence-corrected chi connectivity index (χ3v) is 2.76. The summed E-state index contributed by atoms with van der Waals surface area (Å²) >= 11 is 5.83. The van der Waals surface area contributed by atoms with Gasteiger partial charge in [0.15, 0.2) is 11.6 Å². The summed E-state index contributed by atoms with van der Waals surface area (Å²) in [4.78, 5) is 0. The molecule has 88 valence electrons. The number of hydrogen-bond donors (Lipinski definition) is 1. The van der Waals surface area contributed by atoms with Crippen LogP contribution >= 0.6 is 11.6 Å². The van der Waals surface area contributed by atoms with E-state index in [-0.39, 0.29) is 12.1 Å². The Hall–Kier alpha value is -1.45. The van der Waals surface area contributed by atoms with Gasteiger partial charge in [0.1, 0.15) is 0 Å². The van der Waals surface area contributed by atoms with Gasteiger partial charge >= 0.3 is 0 Å². The van der Waals surface area contributed by atoms with E-state index in [1.165, 1.54) is 12.1 Å². The van der Waals surface area contributed by atoms with Gasteiger partial charge < -0.3 is 5.73 Å². The van der Waals surface area contributed by atoms with Gasteiger partial charge in [-0.3, -0.25) is 0 Å². The van der Waals surface area contributed by atoms with Gasteiger partial charge in [-0.2, -0.15) is 0 Å². The standard InChI is InChI=1S/C13H10ClF2N/c14-9-4-5-10(8(6-9)7-17)11-2-1-3-12(15)13(11)16/h1-6H,7,17H2. The molecule has 0 aromatic heterocycles. The van der Waals surface area contributed by atoms with Crippen molar-refractivity contribution < 1.29 is 8.78 Å². The molecule has 2 aromatic rings. The lowest BCUT2D eigenvalue weighted by Crippen LogP contribution is -2.00. The molecule has 0 aliphatic rings. The molecule has 0 fully saturated rings. The molecule has 0 atom stereocenters. The van der Waals surface area contributed by atoms with Gasteiger partial charge in [0, 0.05) is 17.1 Å². The van der Waals surface area contributed by atoms with Gasteiger partial charge in [-0.05, 0) is 29.3 Å². The van der Waals surface area contributed by atoms with Crippen LogP contribution in [0.4, 0.5) is 8.78 Å². The third-order valence-electron chi connectivity index (χ3n) is 2.53. The monoisotopic (exact) mass is 253 g/mol. The van der Waals surface area contributed by atoms with Gasteiger partial charge in [0.05, 0.1) is 0 Å². The Morgan fingerprint density at radius 1 is 1.06 bits per heavy atom. The maximum absolute atomic E-state index is 13.7. The minimum Gasteiger partial charge on any atom is -0.326 e. The van der Waals surface area contributed by atoms with E-state index in [0.717, 1.165) is 6.07 Å². The van der Waals surface area contributed by atoms with Crippen LogP contribution in [0.2, 0.25) is 5.02 Å². The van der Waals surface area contributed by atoms with Crippen molar-refractivity contribution in [1.82, 2.24) is 0 Å². The second-order valence-electron chi connectivity index (χ2n) is 3.61. The summed E-state index contributed by atoms with van der Waals surface area (Å²) in [6.07, 6.45) is 0. The largest absolute Gasteiger partial charge is 0.326 e. The Balaban J connectivity index is 2.64. The van der Waals surface area contributed by atoms with E-state index in [9.17, 15) is 8.78 Å². The number of hydrogen-bond acceptors (Lipinski definition) is 1. The number of benzene rings is 2. The molecule has 0 spiro atoms. The van der Waals surface area contributed by atoms with Crippen molar-refractivity contribution in [1.29, 1.82) is 0 Å². The van der Waals surface area contributed by atoms with E-state index in [2.05, 4.69) is 0 Å². The molecule has 0 heterocycles. The van der Waals surface area contributed by atoms with E-state index in [4.69, 9.17) is 17.3 Å². The van der Waals surface area contributed by atoms with E-state index in [1.807, 2.05) is 0 Å². The van der Waals surface area contributed by atoms with Crippen molar-refractivity contribution in [2.45, 2.75) is 6.54 Å². The van der Waals surface area contributed by atoms with Crippen LogP contribution in [0, 0.1) is 11.6 Å². The van der Waals surface area contributed by atoms with Crippen molar-refractivity contribution in [3.05, 3.63) is 58.6 Å². The summed E-state index contributed by atoms with van der Waals surface area (Å²) in [7, 11) is 0. The molecule has 0 saturated carbocycles. The molecule has 2 aromatic carbocycles. The first-order chi connectivity index (χ1) is 8.13. The summed E-state index contributed by atoms with van der Waals surface area (Å²) in [5.74, 6) is -1.75. The second-order valence-corrected chi connectivity index (χ2v) is 4.04. The highest BCUT2D eigenvalue weighted by Gasteiger charge is 2.12. The predicted molar refractivity (Wildman–Crippen MR) is 64.7 cm³/mol. The lowest BCUT2D eigenvalue weighted by Gasteiger charge is -2.09. The zero-order valence-corrected chi connectivity index (χ0v) is 9.64. The summed E-state index contributed by atoms with van der Waals surface area (Å²) in [5, 5.41) is 0.519. The summed E-state index contributed by atoms with van der Waals surface area (Å²) in [6, 6.07) is 8.98. The SMILES string of the molecule is NCc1cc(Cl)ccc1-c1cccc(F)c1F. The van der Waals surface area contributed by atoms with Crippen LogP contribution < -0.4 is 5.73 Å². The minimum atomic E-state index is -0.875. The zero-order chi connectivity index (χ0) is 12.4. The van der Waals surface area contributed by atoms with Gasteiger partial charge in [-0.25, -0.2) is 8.78 Å². The third kappa shape index (κ3) is 2.30. The van der Waals surface area contributed by atoms with Crippen LogP contribution in [0.15, 0.2) is 36.4 Å². The molecule has 0 radical (unpaired) electrons.